The second-order valence-electron chi connectivity index (χ2n) is 4.96. The molecule has 3 N–H and O–H groups in total. The van der Waals surface area contributed by atoms with Gasteiger partial charge in [0.1, 0.15) is 5.82 Å². The molecule has 0 amide bonds. The van der Waals surface area contributed by atoms with E-state index in [1.54, 1.807) is 0 Å². The van der Waals surface area contributed by atoms with E-state index >= 15 is 0 Å². The van der Waals surface area contributed by atoms with Gasteiger partial charge in [-0.25, -0.2) is 14.1 Å². The Labute approximate surface area is 134 Å². The van der Waals surface area contributed by atoms with Gasteiger partial charge in [0.05, 0.1) is 17.2 Å². The monoisotopic (exact) mass is 326 g/mol. The Balaban J connectivity index is 2.03. The van der Waals surface area contributed by atoms with Crippen LogP contribution in [0.3, 0.4) is 0 Å². The smallest absolute Gasteiger partial charge is 0.280 e. The first-order valence-corrected chi connectivity index (χ1v) is 6.84. The van der Waals surface area contributed by atoms with E-state index in [-0.39, 0.29) is 28.1 Å². The SMILES string of the molecule is N#Cc1ccc(-c2c[nH]n(-c3ccc(C(O)O)cn3)c2=O)c(F)c1. The lowest BCUT2D eigenvalue weighted by Gasteiger charge is -2.04. The molecule has 0 saturated carbocycles. The number of aliphatic hydroxyl groups is 2. The van der Waals surface area contributed by atoms with Gasteiger partial charge in [0, 0.05) is 23.5 Å². The number of pyridine rings is 1. The number of nitrogens with zero attached hydrogens (tertiary/aromatic N) is 3. The third-order valence-corrected chi connectivity index (χ3v) is 3.46. The number of benzene rings is 1. The number of aliphatic hydroxyl groups excluding tert-OH is 1. The van der Waals surface area contributed by atoms with Crippen molar-refractivity contribution in [2.45, 2.75) is 6.29 Å². The van der Waals surface area contributed by atoms with Crippen molar-refractivity contribution in [3.63, 3.8) is 0 Å². The second kappa shape index (κ2) is 6.08. The standard InChI is InChI=1S/C16H11FN4O3/c17-13-5-9(6-18)1-3-11(13)12-8-20-21(15(12)22)14-4-2-10(7-19-14)16(23)24/h1-5,7-8,16,20,23-24H. The fraction of sp³-hybridized carbons (Fsp3) is 0.0625. The van der Waals surface area contributed by atoms with Crippen molar-refractivity contribution in [3.8, 4) is 23.0 Å². The summed E-state index contributed by atoms with van der Waals surface area (Å²) in [5.41, 5.74) is -0.0338. The minimum Gasteiger partial charge on any atom is -0.364 e. The number of H-pyrrole nitrogens is 1. The molecule has 3 aromatic rings. The lowest BCUT2D eigenvalue weighted by Crippen LogP contribution is -2.17. The summed E-state index contributed by atoms with van der Waals surface area (Å²) in [7, 11) is 0. The van der Waals surface area contributed by atoms with Crippen LogP contribution in [0.15, 0.2) is 47.5 Å². The van der Waals surface area contributed by atoms with Crippen molar-refractivity contribution in [2.24, 2.45) is 0 Å². The van der Waals surface area contributed by atoms with Gasteiger partial charge < -0.3 is 10.2 Å². The molecule has 120 valence electrons. The topological polar surface area (TPSA) is 115 Å². The quantitative estimate of drug-likeness (QED) is 0.626. The van der Waals surface area contributed by atoms with Crippen molar-refractivity contribution in [2.75, 3.05) is 0 Å². The van der Waals surface area contributed by atoms with Gasteiger partial charge in [-0.05, 0) is 30.3 Å². The summed E-state index contributed by atoms with van der Waals surface area (Å²) < 4.78 is 15.2. The molecular formula is C16H11FN4O3. The van der Waals surface area contributed by atoms with Crippen molar-refractivity contribution >= 4 is 0 Å². The Morgan fingerprint density at radius 3 is 2.62 bits per heavy atom. The first-order valence-electron chi connectivity index (χ1n) is 6.84. The fourth-order valence-electron chi connectivity index (χ4n) is 2.22. The van der Waals surface area contributed by atoms with Crippen LogP contribution < -0.4 is 5.56 Å². The largest absolute Gasteiger partial charge is 0.364 e. The van der Waals surface area contributed by atoms with Gasteiger partial charge in [-0.1, -0.05) is 0 Å². The molecule has 0 unspecified atom stereocenters. The van der Waals surface area contributed by atoms with Gasteiger partial charge in [0.15, 0.2) is 12.1 Å². The van der Waals surface area contributed by atoms with Crippen molar-refractivity contribution in [1.29, 1.82) is 5.26 Å². The van der Waals surface area contributed by atoms with E-state index in [1.165, 1.54) is 36.7 Å². The van der Waals surface area contributed by atoms with Crippen LogP contribution >= 0.6 is 0 Å². The van der Waals surface area contributed by atoms with Crippen LogP contribution in [0, 0.1) is 17.1 Å². The van der Waals surface area contributed by atoms with E-state index in [1.807, 2.05) is 6.07 Å². The maximum absolute atomic E-state index is 14.1. The minimum atomic E-state index is -1.66. The number of nitriles is 1. The van der Waals surface area contributed by atoms with Crippen LogP contribution in [0.5, 0.6) is 0 Å². The number of aromatic amines is 1. The van der Waals surface area contributed by atoms with Crippen LogP contribution in [0.2, 0.25) is 0 Å². The molecule has 0 atom stereocenters. The number of hydrogen-bond donors (Lipinski definition) is 3. The summed E-state index contributed by atoms with van der Waals surface area (Å²) in [6, 6.07) is 8.49. The molecule has 2 heterocycles. The predicted molar refractivity (Wildman–Crippen MR) is 81.5 cm³/mol. The third-order valence-electron chi connectivity index (χ3n) is 3.46. The summed E-state index contributed by atoms with van der Waals surface area (Å²) in [5, 5.41) is 29.5. The molecule has 1 aromatic carbocycles. The summed E-state index contributed by atoms with van der Waals surface area (Å²) in [5.74, 6) is -0.464. The van der Waals surface area contributed by atoms with Crippen LogP contribution in [-0.4, -0.2) is 25.0 Å². The van der Waals surface area contributed by atoms with E-state index < -0.39 is 17.7 Å². The van der Waals surface area contributed by atoms with Gasteiger partial charge in [0.2, 0.25) is 0 Å². The molecule has 0 aliphatic carbocycles. The van der Waals surface area contributed by atoms with Crippen LogP contribution in [0.25, 0.3) is 16.9 Å². The van der Waals surface area contributed by atoms with Crippen molar-refractivity contribution < 1.29 is 14.6 Å². The van der Waals surface area contributed by atoms with E-state index in [2.05, 4.69) is 10.1 Å². The molecule has 0 radical (unpaired) electrons. The molecule has 3 rings (SSSR count). The second-order valence-corrected chi connectivity index (χ2v) is 4.96. The average Bonchev–Trinajstić information content (AvgIpc) is 2.96. The van der Waals surface area contributed by atoms with Gasteiger partial charge in [0.25, 0.3) is 5.56 Å². The first kappa shape index (κ1) is 15.6. The van der Waals surface area contributed by atoms with Crippen molar-refractivity contribution in [1.82, 2.24) is 14.8 Å². The molecule has 7 nitrogen and oxygen atoms in total. The van der Waals surface area contributed by atoms with E-state index in [0.29, 0.717) is 0 Å². The van der Waals surface area contributed by atoms with Crippen molar-refractivity contribution in [3.05, 3.63) is 70.0 Å². The van der Waals surface area contributed by atoms with Gasteiger partial charge in [-0.15, -0.1) is 0 Å². The zero-order valence-corrected chi connectivity index (χ0v) is 12.1. The van der Waals surface area contributed by atoms with E-state index in [4.69, 9.17) is 15.5 Å². The summed E-state index contributed by atoms with van der Waals surface area (Å²) in [6.45, 7) is 0. The molecule has 8 heteroatoms. The fourth-order valence-corrected chi connectivity index (χ4v) is 2.22. The van der Waals surface area contributed by atoms with Crippen LogP contribution in [0.4, 0.5) is 4.39 Å². The molecule has 0 aliphatic heterocycles. The molecule has 0 spiro atoms. The molecule has 0 aliphatic rings. The lowest BCUT2D eigenvalue weighted by atomic mass is 10.1. The Bertz CT molecular complexity index is 984. The Kier molecular flexibility index (Phi) is 3.95. The van der Waals surface area contributed by atoms with Crippen LogP contribution in [0.1, 0.15) is 17.4 Å². The minimum absolute atomic E-state index is 0.0661. The molecule has 0 bridgehead atoms. The maximum Gasteiger partial charge on any atom is 0.280 e. The van der Waals surface area contributed by atoms with E-state index in [0.717, 1.165) is 10.7 Å². The number of halogens is 1. The highest BCUT2D eigenvalue weighted by Gasteiger charge is 2.15. The number of rotatable bonds is 3. The number of hydrogen-bond acceptors (Lipinski definition) is 5. The Morgan fingerprint density at radius 1 is 1.25 bits per heavy atom. The maximum atomic E-state index is 14.1. The van der Waals surface area contributed by atoms with Gasteiger partial charge in [-0.2, -0.15) is 5.26 Å². The Morgan fingerprint density at radius 2 is 2.04 bits per heavy atom. The zero-order chi connectivity index (χ0) is 17.3. The lowest BCUT2D eigenvalue weighted by molar-refractivity contribution is -0.0427. The molecule has 0 fully saturated rings. The molecule has 0 saturated heterocycles. The first-order chi connectivity index (χ1) is 11.5. The summed E-state index contributed by atoms with van der Waals surface area (Å²) in [4.78, 5) is 16.4. The van der Waals surface area contributed by atoms with Gasteiger partial charge in [-0.3, -0.25) is 9.89 Å². The third kappa shape index (κ3) is 2.69. The number of aromatic nitrogens is 3. The summed E-state index contributed by atoms with van der Waals surface area (Å²) >= 11 is 0. The summed E-state index contributed by atoms with van der Waals surface area (Å²) in [6.07, 6.45) is 0.897. The molecular weight excluding hydrogens is 315 g/mol. The zero-order valence-electron chi connectivity index (χ0n) is 12.1. The molecule has 2 aromatic heterocycles. The normalized spacial score (nSPS) is 10.8. The highest BCUT2D eigenvalue weighted by molar-refractivity contribution is 5.64. The Hall–Kier alpha value is -3.28. The highest BCUT2D eigenvalue weighted by atomic mass is 19.1. The van der Waals surface area contributed by atoms with Crippen LogP contribution in [-0.2, 0) is 0 Å². The average molecular weight is 326 g/mol. The van der Waals surface area contributed by atoms with Gasteiger partial charge >= 0.3 is 0 Å². The number of nitrogens with one attached hydrogen (secondary N) is 1. The van der Waals surface area contributed by atoms with E-state index in [9.17, 15) is 9.18 Å². The highest BCUT2D eigenvalue weighted by Crippen LogP contribution is 2.21. The molecule has 24 heavy (non-hydrogen) atoms. The predicted octanol–water partition coefficient (Wildman–Crippen LogP) is 1.22.